The fourth-order valence-corrected chi connectivity index (χ4v) is 3.31. The maximum absolute atomic E-state index is 12.5. The van der Waals surface area contributed by atoms with Crippen molar-refractivity contribution in [3.8, 4) is 0 Å². The van der Waals surface area contributed by atoms with E-state index in [-0.39, 0.29) is 11.9 Å². The first-order valence-corrected chi connectivity index (χ1v) is 8.77. The molecule has 2 atom stereocenters. The normalized spacial score (nSPS) is 19.3. The third kappa shape index (κ3) is 4.54. The molecule has 0 aliphatic carbocycles. The monoisotopic (exact) mass is 339 g/mol. The minimum absolute atomic E-state index is 0.0618. The minimum atomic E-state index is -0.161. The van der Waals surface area contributed by atoms with Crippen LogP contribution in [0.25, 0.3) is 0 Å². The van der Waals surface area contributed by atoms with E-state index in [4.69, 9.17) is 5.73 Å². The summed E-state index contributed by atoms with van der Waals surface area (Å²) in [7, 11) is 0. The molecule has 1 aliphatic heterocycles. The van der Waals surface area contributed by atoms with Crippen LogP contribution in [0.2, 0.25) is 0 Å². The van der Waals surface area contributed by atoms with Gasteiger partial charge in [-0.05, 0) is 37.9 Å². The topological polar surface area (TPSA) is 84.1 Å². The Bertz CT molecular complexity index is 706. The molecule has 3 N–H and O–H groups in total. The summed E-state index contributed by atoms with van der Waals surface area (Å²) in [5.41, 5.74) is 7.78. The van der Waals surface area contributed by atoms with E-state index in [0.29, 0.717) is 18.4 Å². The molecule has 0 saturated carbocycles. The van der Waals surface area contributed by atoms with Crippen LogP contribution >= 0.6 is 0 Å². The van der Waals surface area contributed by atoms with Crippen molar-refractivity contribution in [2.75, 3.05) is 18.8 Å². The van der Waals surface area contributed by atoms with E-state index in [0.717, 1.165) is 37.2 Å². The molecule has 0 bridgehead atoms. The van der Waals surface area contributed by atoms with E-state index in [1.165, 1.54) is 0 Å². The van der Waals surface area contributed by atoms with E-state index in [2.05, 4.69) is 20.2 Å². The Kier molecular flexibility index (Phi) is 5.60. The largest absolute Gasteiger partial charge is 0.368 e. The van der Waals surface area contributed by atoms with Gasteiger partial charge in [0.25, 0.3) is 0 Å². The molecule has 2 heterocycles. The van der Waals surface area contributed by atoms with E-state index < -0.39 is 0 Å². The van der Waals surface area contributed by atoms with Crippen molar-refractivity contribution >= 4 is 11.9 Å². The minimum Gasteiger partial charge on any atom is -0.368 e. The Morgan fingerprint density at radius 3 is 2.92 bits per heavy atom. The Balaban J connectivity index is 1.57. The number of aromatic nitrogens is 2. The Morgan fingerprint density at radius 1 is 1.36 bits per heavy atom. The van der Waals surface area contributed by atoms with Crippen LogP contribution in [-0.2, 0) is 11.3 Å². The van der Waals surface area contributed by atoms with Crippen LogP contribution < -0.4 is 11.1 Å². The highest BCUT2D eigenvalue weighted by Gasteiger charge is 2.28. The summed E-state index contributed by atoms with van der Waals surface area (Å²) in [6.45, 7) is 4.27. The molecule has 6 nitrogen and oxygen atoms in total. The van der Waals surface area contributed by atoms with Gasteiger partial charge in [-0.25, -0.2) is 9.97 Å². The number of hydrogen-bond donors (Lipinski definition) is 2. The standard InChI is InChI=1S/C19H25N5O/c1-14(18(25)22-12-15-6-3-2-4-7-15)24-11-5-8-16(13-24)17-9-10-21-19(20)23-17/h2-4,6-7,9-10,14,16H,5,8,11-13H2,1H3,(H,22,25)(H2,20,21,23)/t14-,16+/m0/s1. The molecule has 0 radical (unpaired) electrons. The second kappa shape index (κ2) is 8.07. The van der Waals surface area contributed by atoms with Gasteiger partial charge in [0.2, 0.25) is 11.9 Å². The third-order valence-electron chi connectivity index (χ3n) is 4.80. The highest BCUT2D eigenvalue weighted by atomic mass is 16.2. The maximum Gasteiger partial charge on any atom is 0.237 e. The molecule has 1 aromatic carbocycles. The smallest absolute Gasteiger partial charge is 0.237 e. The number of carbonyl (C=O) groups excluding carboxylic acids is 1. The number of amides is 1. The lowest BCUT2D eigenvalue weighted by molar-refractivity contribution is -0.126. The molecule has 132 valence electrons. The Hall–Kier alpha value is -2.47. The number of likely N-dealkylation sites (tertiary alicyclic amines) is 1. The number of carbonyl (C=O) groups is 1. The molecule has 1 saturated heterocycles. The predicted octanol–water partition coefficient (Wildman–Crippen LogP) is 1.94. The van der Waals surface area contributed by atoms with Crippen LogP contribution in [0.3, 0.4) is 0 Å². The number of anilines is 1. The lowest BCUT2D eigenvalue weighted by Gasteiger charge is -2.35. The number of hydrogen-bond acceptors (Lipinski definition) is 5. The highest BCUT2D eigenvalue weighted by Crippen LogP contribution is 2.26. The van der Waals surface area contributed by atoms with Gasteiger partial charge in [-0.3, -0.25) is 9.69 Å². The van der Waals surface area contributed by atoms with Crippen molar-refractivity contribution < 1.29 is 4.79 Å². The quantitative estimate of drug-likeness (QED) is 0.870. The summed E-state index contributed by atoms with van der Waals surface area (Å²) in [6.07, 6.45) is 3.81. The van der Waals surface area contributed by atoms with Crippen molar-refractivity contribution in [2.45, 2.75) is 38.3 Å². The zero-order chi connectivity index (χ0) is 17.6. The van der Waals surface area contributed by atoms with Crippen molar-refractivity contribution in [3.05, 3.63) is 53.9 Å². The number of rotatable bonds is 5. The lowest BCUT2D eigenvalue weighted by atomic mass is 9.93. The zero-order valence-electron chi connectivity index (χ0n) is 14.6. The molecule has 1 aliphatic rings. The summed E-state index contributed by atoms with van der Waals surface area (Å²) in [4.78, 5) is 23.1. The van der Waals surface area contributed by atoms with E-state index in [1.54, 1.807) is 6.20 Å². The first kappa shape index (κ1) is 17.4. The van der Waals surface area contributed by atoms with Gasteiger partial charge in [-0.2, -0.15) is 0 Å². The van der Waals surface area contributed by atoms with E-state index >= 15 is 0 Å². The fourth-order valence-electron chi connectivity index (χ4n) is 3.31. The molecule has 1 aromatic heterocycles. The molecular weight excluding hydrogens is 314 g/mol. The third-order valence-corrected chi connectivity index (χ3v) is 4.80. The van der Waals surface area contributed by atoms with Crippen molar-refractivity contribution in [3.63, 3.8) is 0 Å². The molecule has 2 aromatic rings. The first-order valence-electron chi connectivity index (χ1n) is 8.77. The van der Waals surface area contributed by atoms with Crippen LogP contribution in [0.5, 0.6) is 0 Å². The summed E-state index contributed by atoms with van der Waals surface area (Å²) in [5.74, 6) is 0.665. The summed E-state index contributed by atoms with van der Waals surface area (Å²) in [5, 5.41) is 3.03. The van der Waals surface area contributed by atoms with Gasteiger partial charge in [-0.15, -0.1) is 0 Å². The Labute approximate surface area is 148 Å². The van der Waals surface area contributed by atoms with Crippen LogP contribution in [0.1, 0.15) is 36.9 Å². The molecular formula is C19H25N5O. The van der Waals surface area contributed by atoms with E-state index in [9.17, 15) is 4.79 Å². The van der Waals surface area contributed by atoms with Gasteiger partial charge in [0.15, 0.2) is 0 Å². The SMILES string of the molecule is C[C@@H](C(=O)NCc1ccccc1)N1CCC[C@@H](c2ccnc(N)n2)C1. The predicted molar refractivity (Wildman–Crippen MR) is 97.7 cm³/mol. The van der Waals surface area contributed by atoms with Gasteiger partial charge in [0.05, 0.1) is 11.7 Å². The molecule has 6 heteroatoms. The fraction of sp³-hybridized carbons (Fsp3) is 0.421. The highest BCUT2D eigenvalue weighted by molar-refractivity contribution is 5.81. The number of nitrogens with two attached hydrogens (primary N) is 1. The molecule has 1 amide bonds. The van der Waals surface area contributed by atoms with Crippen LogP contribution in [0.15, 0.2) is 42.6 Å². The Morgan fingerprint density at radius 2 is 2.16 bits per heavy atom. The van der Waals surface area contributed by atoms with Crippen LogP contribution in [0, 0.1) is 0 Å². The second-order valence-electron chi connectivity index (χ2n) is 6.55. The molecule has 0 unspecified atom stereocenters. The molecule has 3 rings (SSSR count). The summed E-state index contributed by atoms with van der Waals surface area (Å²) >= 11 is 0. The maximum atomic E-state index is 12.5. The first-order chi connectivity index (χ1) is 12.1. The van der Waals surface area contributed by atoms with Gasteiger partial charge in [0.1, 0.15) is 0 Å². The van der Waals surface area contributed by atoms with Crippen molar-refractivity contribution in [1.82, 2.24) is 20.2 Å². The average Bonchev–Trinajstić information content (AvgIpc) is 2.66. The zero-order valence-corrected chi connectivity index (χ0v) is 14.6. The van der Waals surface area contributed by atoms with Gasteiger partial charge < -0.3 is 11.1 Å². The molecule has 25 heavy (non-hydrogen) atoms. The number of benzene rings is 1. The van der Waals surface area contributed by atoms with Crippen LogP contribution in [-0.4, -0.2) is 39.9 Å². The van der Waals surface area contributed by atoms with Gasteiger partial charge in [-0.1, -0.05) is 30.3 Å². The number of nitrogens with one attached hydrogen (secondary N) is 1. The summed E-state index contributed by atoms with van der Waals surface area (Å²) in [6, 6.07) is 11.7. The second-order valence-corrected chi connectivity index (χ2v) is 6.55. The van der Waals surface area contributed by atoms with Crippen molar-refractivity contribution in [2.24, 2.45) is 0 Å². The van der Waals surface area contributed by atoms with Crippen molar-refractivity contribution in [1.29, 1.82) is 0 Å². The number of nitrogens with zero attached hydrogens (tertiary/aromatic N) is 3. The van der Waals surface area contributed by atoms with Crippen LogP contribution in [0.4, 0.5) is 5.95 Å². The number of nitrogen functional groups attached to an aromatic ring is 1. The van der Waals surface area contributed by atoms with Gasteiger partial charge in [0, 0.05) is 25.2 Å². The average molecular weight is 339 g/mol. The number of piperidine rings is 1. The molecule has 1 fully saturated rings. The van der Waals surface area contributed by atoms with E-state index in [1.807, 2.05) is 43.3 Å². The lowest BCUT2D eigenvalue weighted by Crippen LogP contribution is -2.48. The molecule has 0 spiro atoms. The van der Waals surface area contributed by atoms with Gasteiger partial charge >= 0.3 is 0 Å². The summed E-state index contributed by atoms with van der Waals surface area (Å²) < 4.78 is 0.